The first-order chi connectivity index (χ1) is 13.5. The molecule has 2 aliphatic heterocycles. The number of carbonyl (C=O) groups excluding carboxylic acids is 2. The van der Waals surface area contributed by atoms with Gasteiger partial charge < -0.3 is 19.9 Å². The van der Waals surface area contributed by atoms with Crippen LogP contribution in [-0.2, 0) is 6.54 Å². The maximum absolute atomic E-state index is 12.7. The monoisotopic (exact) mass is 381 g/mol. The maximum Gasteiger partial charge on any atom is 0.274 e. The Morgan fingerprint density at radius 1 is 1.21 bits per heavy atom. The Balaban J connectivity index is 1.65. The van der Waals surface area contributed by atoms with Gasteiger partial charge in [-0.3, -0.25) is 14.4 Å². The zero-order valence-corrected chi connectivity index (χ0v) is 15.8. The van der Waals surface area contributed by atoms with Crippen molar-refractivity contribution in [1.29, 1.82) is 0 Å². The average Bonchev–Trinajstić information content (AvgIpc) is 2.91. The van der Waals surface area contributed by atoms with Crippen molar-refractivity contribution in [1.82, 2.24) is 14.8 Å². The van der Waals surface area contributed by atoms with E-state index in [9.17, 15) is 19.5 Å². The van der Waals surface area contributed by atoms with Crippen molar-refractivity contribution < 1.29 is 14.7 Å². The number of aromatic hydroxyl groups is 1. The number of aromatic nitrogens is 1. The van der Waals surface area contributed by atoms with Crippen molar-refractivity contribution in [2.24, 2.45) is 0 Å². The molecule has 1 saturated heterocycles. The second kappa shape index (κ2) is 7.14. The van der Waals surface area contributed by atoms with E-state index in [1.807, 2.05) is 31.2 Å². The van der Waals surface area contributed by atoms with Crippen molar-refractivity contribution in [3.8, 4) is 5.75 Å². The summed E-state index contributed by atoms with van der Waals surface area (Å²) in [4.78, 5) is 39.6. The van der Waals surface area contributed by atoms with Crippen molar-refractivity contribution in [2.45, 2.75) is 38.8 Å². The van der Waals surface area contributed by atoms with Crippen molar-refractivity contribution >= 4 is 11.8 Å². The van der Waals surface area contributed by atoms with Crippen molar-refractivity contribution in [3.05, 3.63) is 63.1 Å². The van der Waals surface area contributed by atoms with Crippen LogP contribution in [0.25, 0.3) is 0 Å². The minimum absolute atomic E-state index is 0.00163. The first-order valence-corrected chi connectivity index (χ1v) is 9.57. The molecule has 2 N–H and O–H groups in total. The smallest absolute Gasteiger partial charge is 0.274 e. The molecule has 2 aliphatic rings. The first-order valence-electron chi connectivity index (χ1n) is 9.57. The van der Waals surface area contributed by atoms with Gasteiger partial charge in [-0.25, -0.2) is 0 Å². The number of hydrogen-bond acceptors (Lipinski definition) is 4. The van der Waals surface area contributed by atoms with Gasteiger partial charge in [-0.05, 0) is 31.7 Å². The van der Waals surface area contributed by atoms with Crippen LogP contribution in [-0.4, -0.2) is 39.5 Å². The van der Waals surface area contributed by atoms with Crippen LogP contribution in [0, 0.1) is 6.92 Å². The minimum atomic E-state index is -0.805. The molecule has 0 aliphatic carbocycles. The van der Waals surface area contributed by atoms with Crippen LogP contribution in [0.2, 0.25) is 0 Å². The lowest BCUT2D eigenvalue weighted by atomic mass is 10.1. The molecule has 0 spiro atoms. The molecule has 0 unspecified atom stereocenters. The molecule has 0 saturated carbocycles. The lowest BCUT2D eigenvalue weighted by Gasteiger charge is -2.34. The first kappa shape index (κ1) is 18.3. The second-order valence-corrected chi connectivity index (χ2v) is 7.55. The second-order valence-electron chi connectivity index (χ2n) is 7.55. The number of nitrogens with one attached hydrogen (secondary N) is 1. The number of aryl methyl sites for hydroxylation is 1. The number of carbonyl (C=O) groups is 2. The molecule has 1 aromatic carbocycles. The summed E-state index contributed by atoms with van der Waals surface area (Å²) in [6.07, 6.45) is 4.12. The maximum atomic E-state index is 12.7. The molecule has 3 heterocycles. The quantitative estimate of drug-likeness (QED) is 0.850. The molecular formula is C21H23N3O4. The highest BCUT2D eigenvalue weighted by Crippen LogP contribution is 2.31. The van der Waals surface area contributed by atoms with Crippen molar-refractivity contribution in [2.75, 3.05) is 13.1 Å². The normalized spacial score (nSPS) is 18.4. The molecule has 4 rings (SSSR count). The van der Waals surface area contributed by atoms with Gasteiger partial charge in [0.1, 0.15) is 5.56 Å². The van der Waals surface area contributed by atoms with Gasteiger partial charge in [-0.1, -0.05) is 29.8 Å². The molecule has 146 valence electrons. The molecule has 2 bridgehead atoms. The van der Waals surface area contributed by atoms with E-state index >= 15 is 0 Å². The number of hydrogen-bond donors (Lipinski definition) is 2. The van der Waals surface area contributed by atoms with E-state index in [0.717, 1.165) is 30.4 Å². The van der Waals surface area contributed by atoms with Gasteiger partial charge in [-0.2, -0.15) is 0 Å². The Bertz CT molecular complexity index is 994. The van der Waals surface area contributed by atoms with Crippen molar-refractivity contribution in [3.63, 3.8) is 0 Å². The van der Waals surface area contributed by atoms with Gasteiger partial charge in [0, 0.05) is 25.8 Å². The van der Waals surface area contributed by atoms with Gasteiger partial charge in [-0.15, -0.1) is 0 Å². The highest BCUT2D eigenvalue weighted by atomic mass is 16.3. The third-order valence-electron chi connectivity index (χ3n) is 5.56. The Hall–Kier alpha value is -3.09. The fourth-order valence-corrected chi connectivity index (χ4v) is 3.95. The molecule has 0 radical (unpaired) electrons. The number of fused-ring (bicyclic) bond motifs is 4. The van der Waals surface area contributed by atoms with E-state index in [1.165, 1.54) is 6.20 Å². The molecule has 7 heteroatoms. The van der Waals surface area contributed by atoms with Crippen LogP contribution in [0.4, 0.5) is 0 Å². The standard InChI is InChI=1S/C21H23N3O4/c1-13-5-7-14(8-6-13)10-22-20(27)16-12-24-15-4-2-3-9-23(11-15)21(28)17(24)19(26)18(16)25/h5-8,12,15,26H,2-4,9-11H2,1H3,(H,22,27)/t15-/m0/s1. The fourth-order valence-electron chi connectivity index (χ4n) is 3.95. The summed E-state index contributed by atoms with van der Waals surface area (Å²) >= 11 is 0. The topological polar surface area (TPSA) is 91.6 Å². The zero-order chi connectivity index (χ0) is 19.8. The van der Waals surface area contributed by atoms with Gasteiger partial charge in [0.15, 0.2) is 11.4 Å². The molecule has 1 aromatic heterocycles. The lowest BCUT2D eigenvalue weighted by molar-refractivity contribution is 0.0677. The molecule has 28 heavy (non-hydrogen) atoms. The minimum Gasteiger partial charge on any atom is -0.503 e. The Morgan fingerprint density at radius 2 is 1.96 bits per heavy atom. The lowest BCUT2D eigenvalue weighted by Crippen LogP contribution is -2.44. The third-order valence-corrected chi connectivity index (χ3v) is 5.56. The van der Waals surface area contributed by atoms with E-state index in [2.05, 4.69) is 5.32 Å². The molecule has 7 nitrogen and oxygen atoms in total. The molecule has 2 aromatic rings. The van der Waals surface area contributed by atoms with Crippen LogP contribution in [0.5, 0.6) is 5.75 Å². The summed E-state index contributed by atoms with van der Waals surface area (Å²) in [5, 5.41) is 13.2. The number of rotatable bonds is 3. The van der Waals surface area contributed by atoms with E-state index in [4.69, 9.17) is 0 Å². The van der Waals surface area contributed by atoms with Crippen LogP contribution in [0.1, 0.15) is 57.3 Å². The summed E-state index contributed by atoms with van der Waals surface area (Å²) in [6.45, 7) is 3.42. The number of pyridine rings is 1. The van der Waals surface area contributed by atoms with Crippen LogP contribution in [0.15, 0.2) is 35.3 Å². The zero-order valence-electron chi connectivity index (χ0n) is 15.8. The molecule has 1 fully saturated rings. The number of amides is 2. The number of nitrogens with zero attached hydrogens (tertiary/aromatic N) is 2. The summed E-state index contributed by atoms with van der Waals surface area (Å²) in [5.74, 6) is -1.54. The van der Waals surface area contributed by atoms with Crippen LogP contribution in [0.3, 0.4) is 0 Å². The van der Waals surface area contributed by atoms with Gasteiger partial charge in [0.2, 0.25) is 5.43 Å². The predicted molar refractivity (Wildman–Crippen MR) is 104 cm³/mol. The Labute approximate surface area is 162 Å². The highest BCUT2D eigenvalue weighted by molar-refractivity contribution is 5.99. The van der Waals surface area contributed by atoms with E-state index in [-0.39, 0.29) is 29.8 Å². The Morgan fingerprint density at radius 3 is 2.71 bits per heavy atom. The third kappa shape index (κ3) is 3.17. The summed E-state index contributed by atoms with van der Waals surface area (Å²) in [5.41, 5.74) is 1.09. The summed E-state index contributed by atoms with van der Waals surface area (Å²) in [6, 6.07) is 7.68. The van der Waals surface area contributed by atoms with Crippen LogP contribution < -0.4 is 10.7 Å². The van der Waals surface area contributed by atoms with Crippen LogP contribution >= 0.6 is 0 Å². The fraction of sp³-hybridized carbons (Fsp3) is 0.381. The highest BCUT2D eigenvalue weighted by Gasteiger charge is 2.36. The van der Waals surface area contributed by atoms with Gasteiger partial charge in [0.05, 0.1) is 6.04 Å². The summed E-state index contributed by atoms with van der Waals surface area (Å²) < 4.78 is 1.63. The average molecular weight is 381 g/mol. The van der Waals surface area contributed by atoms with E-state index < -0.39 is 17.1 Å². The number of benzene rings is 1. The van der Waals surface area contributed by atoms with Gasteiger partial charge >= 0.3 is 0 Å². The molecular weight excluding hydrogens is 358 g/mol. The molecule has 1 atom stereocenters. The van der Waals surface area contributed by atoms with E-state index in [1.54, 1.807) is 9.47 Å². The predicted octanol–water partition coefficient (Wildman–Crippen LogP) is 1.97. The molecule has 2 amide bonds. The SMILES string of the molecule is Cc1ccc(CNC(=O)c2cn3c(c(O)c2=O)C(=O)N2CCCC[C@H]3C2)cc1. The summed E-state index contributed by atoms with van der Waals surface area (Å²) in [7, 11) is 0. The Kier molecular flexibility index (Phi) is 4.66. The largest absolute Gasteiger partial charge is 0.503 e. The van der Waals surface area contributed by atoms with E-state index in [0.29, 0.717) is 13.1 Å². The van der Waals surface area contributed by atoms with Gasteiger partial charge in [0.25, 0.3) is 11.8 Å².